The Morgan fingerprint density at radius 1 is 1.67 bits per heavy atom. The fraction of sp³-hybridized carbons (Fsp3) is 0.667. The lowest BCUT2D eigenvalue weighted by molar-refractivity contribution is -0.140. The third-order valence-electron chi connectivity index (χ3n) is 2.31. The molecule has 18 heavy (non-hydrogen) atoms. The van der Waals surface area contributed by atoms with Crippen molar-refractivity contribution in [2.24, 2.45) is 0 Å². The van der Waals surface area contributed by atoms with Crippen molar-refractivity contribution < 1.29 is 9.53 Å². The van der Waals surface area contributed by atoms with Crippen LogP contribution in [0, 0.1) is 0 Å². The maximum Gasteiger partial charge on any atom is 0.305 e. The van der Waals surface area contributed by atoms with Gasteiger partial charge in [0.15, 0.2) is 5.13 Å². The van der Waals surface area contributed by atoms with E-state index in [1.54, 1.807) is 11.3 Å². The Bertz CT molecular complexity index is 369. The molecule has 0 aromatic carbocycles. The van der Waals surface area contributed by atoms with E-state index in [4.69, 9.17) is 0 Å². The summed E-state index contributed by atoms with van der Waals surface area (Å²) >= 11 is 3.50. The third-order valence-corrected chi connectivity index (χ3v) is 4.27. The lowest BCUT2D eigenvalue weighted by Gasteiger charge is -2.11. The number of aryl methyl sites for hydroxylation is 1. The van der Waals surface area contributed by atoms with Gasteiger partial charge in [0.25, 0.3) is 0 Å². The minimum absolute atomic E-state index is 0.190. The second-order valence-corrected chi connectivity index (χ2v) is 6.10. The quantitative estimate of drug-likeness (QED) is 0.745. The van der Waals surface area contributed by atoms with Crippen molar-refractivity contribution in [3.8, 4) is 0 Å². The number of nitrogens with one attached hydrogen (secondary N) is 1. The molecule has 1 unspecified atom stereocenters. The Morgan fingerprint density at radius 3 is 3.11 bits per heavy atom. The van der Waals surface area contributed by atoms with Crippen LogP contribution in [-0.2, 0) is 16.0 Å². The van der Waals surface area contributed by atoms with E-state index in [-0.39, 0.29) is 5.97 Å². The molecule has 0 saturated carbocycles. The highest BCUT2D eigenvalue weighted by Crippen LogP contribution is 2.18. The summed E-state index contributed by atoms with van der Waals surface area (Å²) in [7, 11) is 1.41. The monoisotopic (exact) mass is 288 g/mol. The van der Waals surface area contributed by atoms with E-state index in [0.29, 0.717) is 18.9 Å². The first-order chi connectivity index (χ1) is 8.65. The molecule has 1 aromatic heterocycles. The van der Waals surface area contributed by atoms with Gasteiger partial charge in [-0.05, 0) is 12.7 Å². The number of carbonyl (C=O) groups is 1. The van der Waals surface area contributed by atoms with Crippen LogP contribution in [0.15, 0.2) is 5.38 Å². The number of esters is 1. The standard InChI is InChI=1S/C12H20N2O2S2/c1-4-17-7-9(2)13-12-14-10(8-18-12)5-6-11(15)16-3/h8-9H,4-7H2,1-3H3,(H,13,14). The van der Waals surface area contributed by atoms with Gasteiger partial charge in [0.1, 0.15) is 0 Å². The summed E-state index contributed by atoms with van der Waals surface area (Å²) in [6, 6.07) is 0.412. The Hall–Kier alpha value is -0.750. The number of aromatic nitrogens is 1. The van der Waals surface area contributed by atoms with Gasteiger partial charge < -0.3 is 10.1 Å². The predicted octanol–water partition coefficient (Wildman–Crippen LogP) is 2.80. The number of thiazole rings is 1. The number of hydrogen-bond acceptors (Lipinski definition) is 6. The number of carbonyl (C=O) groups excluding carboxylic acids is 1. The normalized spacial score (nSPS) is 12.2. The second kappa shape index (κ2) is 8.37. The van der Waals surface area contributed by atoms with Gasteiger partial charge in [0.05, 0.1) is 19.2 Å². The third kappa shape index (κ3) is 5.73. The van der Waals surface area contributed by atoms with E-state index in [0.717, 1.165) is 22.3 Å². The zero-order chi connectivity index (χ0) is 13.4. The van der Waals surface area contributed by atoms with E-state index in [1.807, 2.05) is 17.1 Å². The molecular formula is C12H20N2O2S2. The van der Waals surface area contributed by atoms with E-state index < -0.39 is 0 Å². The van der Waals surface area contributed by atoms with Crippen molar-refractivity contribution in [3.63, 3.8) is 0 Å². The van der Waals surface area contributed by atoms with E-state index in [1.165, 1.54) is 7.11 Å². The molecule has 1 N–H and O–H groups in total. The number of hydrogen-bond donors (Lipinski definition) is 1. The van der Waals surface area contributed by atoms with Crippen molar-refractivity contribution in [2.75, 3.05) is 23.9 Å². The summed E-state index contributed by atoms with van der Waals surface area (Å²) in [6.45, 7) is 4.31. The maximum atomic E-state index is 11.0. The van der Waals surface area contributed by atoms with Crippen LogP contribution in [0.2, 0.25) is 0 Å². The van der Waals surface area contributed by atoms with Crippen molar-refractivity contribution in [2.45, 2.75) is 32.7 Å². The molecule has 6 heteroatoms. The van der Waals surface area contributed by atoms with Gasteiger partial charge in [0.2, 0.25) is 0 Å². The number of thioether (sulfide) groups is 1. The first-order valence-electron chi connectivity index (χ1n) is 6.01. The summed E-state index contributed by atoms with van der Waals surface area (Å²) in [5.74, 6) is 2.02. The number of rotatable bonds is 8. The lowest BCUT2D eigenvalue weighted by atomic mass is 10.2. The molecule has 0 aliphatic rings. The average molecular weight is 288 g/mol. The van der Waals surface area contributed by atoms with Gasteiger partial charge in [-0.2, -0.15) is 11.8 Å². The van der Waals surface area contributed by atoms with Crippen molar-refractivity contribution in [1.29, 1.82) is 0 Å². The minimum Gasteiger partial charge on any atom is -0.469 e. The fourth-order valence-corrected chi connectivity index (χ4v) is 2.90. The first kappa shape index (κ1) is 15.3. The van der Waals surface area contributed by atoms with Crippen LogP contribution in [0.3, 0.4) is 0 Å². The Kier molecular flexibility index (Phi) is 7.12. The molecule has 102 valence electrons. The van der Waals surface area contributed by atoms with Crippen LogP contribution in [0.25, 0.3) is 0 Å². The Balaban J connectivity index is 2.36. The van der Waals surface area contributed by atoms with E-state index in [9.17, 15) is 4.79 Å². The highest BCUT2D eigenvalue weighted by Gasteiger charge is 2.08. The van der Waals surface area contributed by atoms with Crippen LogP contribution in [0.4, 0.5) is 5.13 Å². The zero-order valence-corrected chi connectivity index (χ0v) is 12.7. The Morgan fingerprint density at radius 2 is 2.44 bits per heavy atom. The van der Waals surface area contributed by atoms with Gasteiger partial charge in [-0.25, -0.2) is 4.98 Å². The van der Waals surface area contributed by atoms with Gasteiger partial charge >= 0.3 is 5.97 Å². The largest absolute Gasteiger partial charge is 0.469 e. The molecule has 0 fully saturated rings. The molecule has 1 atom stereocenters. The molecule has 1 heterocycles. The number of ether oxygens (including phenoxy) is 1. The molecule has 0 spiro atoms. The Labute approximate surface area is 117 Å². The van der Waals surface area contributed by atoms with Crippen LogP contribution >= 0.6 is 23.1 Å². The summed E-state index contributed by atoms with van der Waals surface area (Å²) in [5, 5.41) is 6.29. The van der Waals surface area contributed by atoms with Crippen LogP contribution < -0.4 is 5.32 Å². The van der Waals surface area contributed by atoms with Gasteiger partial charge in [-0.1, -0.05) is 6.92 Å². The predicted molar refractivity (Wildman–Crippen MR) is 78.5 cm³/mol. The molecule has 0 aliphatic carbocycles. The zero-order valence-electron chi connectivity index (χ0n) is 11.1. The van der Waals surface area contributed by atoms with Crippen LogP contribution in [-0.4, -0.2) is 35.6 Å². The summed E-state index contributed by atoms with van der Waals surface area (Å²) in [6.07, 6.45) is 1.03. The van der Waals surface area contributed by atoms with Gasteiger partial charge in [0, 0.05) is 23.6 Å². The molecule has 0 saturated heterocycles. The molecule has 0 bridgehead atoms. The fourth-order valence-electron chi connectivity index (χ4n) is 1.37. The first-order valence-corrected chi connectivity index (χ1v) is 8.04. The molecule has 0 radical (unpaired) electrons. The number of anilines is 1. The number of nitrogens with zero attached hydrogens (tertiary/aromatic N) is 1. The highest BCUT2D eigenvalue weighted by atomic mass is 32.2. The van der Waals surface area contributed by atoms with Crippen molar-refractivity contribution >= 4 is 34.2 Å². The SMILES string of the molecule is CCSCC(C)Nc1nc(CCC(=O)OC)cs1. The topological polar surface area (TPSA) is 51.2 Å². The summed E-state index contributed by atoms with van der Waals surface area (Å²) < 4.78 is 4.61. The maximum absolute atomic E-state index is 11.0. The van der Waals surface area contributed by atoms with Crippen LogP contribution in [0.5, 0.6) is 0 Å². The molecule has 0 amide bonds. The average Bonchev–Trinajstić information content (AvgIpc) is 2.81. The van der Waals surface area contributed by atoms with Gasteiger partial charge in [-0.15, -0.1) is 11.3 Å². The molecular weight excluding hydrogens is 268 g/mol. The summed E-state index contributed by atoms with van der Waals surface area (Å²) in [5.41, 5.74) is 0.947. The minimum atomic E-state index is -0.190. The smallest absolute Gasteiger partial charge is 0.305 e. The van der Waals surface area contributed by atoms with E-state index >= 15 is 0 Å². The van der Waals surface area contributed by atoms with Crippen LogP contribution in [0.1, 0.15) is 26.0 Å². The van der Waals surface area contributed by atoms with Crippen molar-refractivity contribution in [3.05, 3.63) is 11.1 Å². The molecule has 0 aliphatic heterocycles. The molecule has 4 nitrogen and oxygen atoms in total. The summed E-state index contributed by atoms with van der Waals surface area (Å²) in [4.78, 5) is 15.5. The lowest BCUT2D eigenvalue weighted by Crippen LogP contribution is -2.17. The van der Waals surface area contributed by atoms with Crippen molar-refractivity contribution in [1.82, 2.24) is 4.98 Å². The number of methoxy groups -OCH3 is 1. The van der Waals surface area contributed by atoms with Gasteiger partial charge in [-0.3, -0.25) is 4.79 Å². The molecule has 1 rings (SSSR count). The molecule has 1 aromatic rings. The highest BCUT2D eigenvalue weighted by molar-refractivity contribution is 7.99. The van der Waals surface area contributed by atoms with E-state index in [2.05, 4.69) is 28.9 Å². The second-order valence-electron chi connectivity index (χ2n) is 3.92.